The lowest BCUT2D eigenvalue weighted by molar-refractivity contribution is 0.969. The number of anilines is 1. The summed E-state index contributed by atoms with van der Waals surface area (Å²) in [5.41, 5.74) is 1.15. The fourth-order valence-electron chi connectivity index (χ4n) is 1.31. The minimum atomic E-state index is 0.767. The zero-order valence-electron chi connectivity index (χ0n) is 9.19. The Labute approximate surface area is 98.1 Å². The van der Waals surface area contributed by atoms with Gasteiger partial charge in [-0.3, -0.25) is 5.10 Å². The molecule has 84 valence electrons. The molecule has 0 aliphatic rings. The highest BCUT2D eigenvalue weighted by molar-refractivity contribution is 7.98. The van der Waals surface area contributed by atoms with Gasteiger partial charge in [-0.15, -0.1) is 5.10 Å². The Hall–Kier alpha value is -1.56. The van der Waals surface area contributed by atoms with Crippen LogP contribution in [0.5, 0.6) is 0 Å². The van der Waals surface area contributed by atoms with Crippen molar-refractivity contribution in [1.29, 1.82) is 0 Å². The van der Waals surface area contributed by atoms with Gasteiger partial charge in [-0.25, -0.2) is 9.97 Å². The van der Waals surface area contributed by atoms with Crippen molar-refractivity contribution in [1.82, 2.24) is 20.2 Å². The van der Waals surface area contributed by atoms with Gasteiger partial charge in [0.1, 0.15) is 11.6 Å². The number of thioether (sulfide) groups is 1. The summed E-state index contributed by atoms with van der Waals surface area (Å²) in [7, 11) is 1.87. The molecular formula is C10H13N5S. The van der Waals surface area contributed by atoms with E-state index in [0.29, 0.717) is 0 Å². The lowest BCUT2D eigenvalue weighted by Crippen LogP contribution is -1.96. The first-order chi connectivity index (χ1) is 7.79. The van der Waals surface area contributed by atoms with Crippen LogP contribution in [-0.2, 0) is 5.75 Å². The molecule has 16 heavy (non-hydrogen) atoms. The van der Waals surface area contributed by atoms with Crippen molar-refractivity contribution in [2.75, 3.05) is 12.4 Å². The molecule has 2 N–H and O–H groups in total. The van der Waals surface area contributed by atoms with Crippen LogP contribution in [0.2, 0.25) is 0 Å². The smallest absolute Gasteiger partial charge is 0.208 e. The molecule has 0 atom stereocenters. The number of nitrogens with zero attached hydrogens (tertiary/aromatic N) is 3. The lowest BCUT2D eigenvalue weighted by atomic mass is 10.3. The van der Waals surface area contributed by atoms with E-state index >= 15 is 0 Å². The van der Waals surface area contributed by atoms with Crippen LogP contribution in [0.3, 0.4) is 0 Å². The molecule has 0 saturated heterocycles. The van der Waals surface area contributed by atoms with E-state index in [-0.39, 0.29) is 0 Å². The Morgan fingerprint density at radius 1 is 1.50 bits per heavy atom. The number of pyridine rings is 1. The van der Waals surface area contributed by atoms with E-state index in [1.807, 2.05) is 26.1 Å². The van der Waals surface area contributed by atoms with Crippen molar-refractivity contribution in [3.63, 3.8) is 0 Å². The predicted octanol–water partition coefficient (Wildman–Crippen LogP) is 1.84. The molecule has 5 nitrogen and oxygen atoms in total. The molecule has 0 bridgehead atoms. The van der Waals surface area contributed by atoms with Crippen LogP contribution in [0.15, 0.2) is 23.5 Å². The Balaban J connectivity index is 2.04. The molecule has 0 aliphatic carbocycles. The van der Waals surface area contributed by atoms with Gasteiger partial charge in [0.25, 0.3) is 0 Å². The number of aromatic amines is 1. The van der Waals surface area contributed by atoms with Crippen molar-refractivity contribution < 1.29 is 0 Å². The zero-order valence-corrected chi connectivity index (χ0v) is 10.0. The van der Waals surface area contributed by atoms with Crippen LogP contribution in [0.25, 0.3) is 0 Å². The number of nitrogens with one attached hydrogen (secondary N) is 2. The second kappa shape index (κ2) is 4.98. The molecule has 2 heterocycles. The molecule has 0 saturated carbocycles. The van der Waals surface area contributed by atoms with Gasteiger partial charge in [0.05, 0.1) is 0 Å². The molecule has 2 aromatic rings. The van der Waals surface area contributed by atoms with Gasteiger partial charge in [-0.1, -0.05) is 17.8 Å². The van der Waals surface area contributed by atoms with Crippen LogP contribution in [-0.4, -0.2) is 27.2 Å². The van der Waals surface area contributed by atoms with Crippen LogP contribution in [0.1, 0.15) is 11.4 Å². The van der Waals surface area contributed by atoms with E-state index in [1.165, 1.54) is 0 Å². The summed E-state index contributed by atoms with van der Waals surface area (Å²) in [5, 5.41) is 10.7. The highest BCUT2D eigenvalue weighted by Gasteiger charge is 2.05. The monoisotopic (exact) mass is 235 g/mol. The number of hydrogen-bond acceptors (Lipinski definition) is 5. The number of H-pyrrole nitrogens is 1. The fraction of sp³-hybridized carbons (Fsp3) is 0.300. The third-order valence-corrected chi connectivity index (χ3v) is 2.96. The number of hydrogen-bond donors (Lipinski definition) is 2. The summed E-state index contributed by atoms with van der Waals surface area (Å²) in [5.74, 6) is 2.55. The molecule has 0 unspecified atom stereocenters. The minimum absolute atomic E-state index is 0.767. The third-order valence-electron chi connectivity index (χ3n) is 2.06. The highest BCUT2D eigenvalue weighted by atomic mass is 32.2. The summed E-state index contributed by atoms with van der Waals surface area (Å²) in [4.78, 5) is 8.48. The first-order valence-electron chi connectivity index (χ1n) is 4.93. The number of rotatable bonds is 4. The van der Waals surface area contributed by atoms with Gasteiger partial charge in [0.2, 0.25) is 5.16 Å². The summed E-state index contributed by atoms with van der Waals surface area (Å²) >= 11 is 1.59. The van der Waals surface area contributed by atoms with E-state index in [2.05, 4.69) is 25.5 Å². The molecule has 2 rings (SSSR count). The second-order valence-electron chi connectivity index (χ2n) is 3.25. The molecule has 0 spiro atoms. The van der Waals surface area contributed by atoms with Gasteiger partial charge < -0.3 is 5.32 Å². The molecule has 0 aliphatic heterocycles. The van der Waals surface area contributed by atoms with Gasteiger partial charge >= 0.3 is 0 Å². The number of aromatic nitrogens is 4. The third kappa shape index (κ3) is 2.52. The highest BCUT2D eigenvalue weighted by Crippen LogP contribution is 2.22. The van der Waals surface area contributed by atoms with Crippen molar-refractivity contribution in [3.05, 3.63) is 29.7 Å². The largest absolute Gasteiger partial charge is 0.373 e. The van der Waals surface area contributed by atoms with Crippen LogP contribution >= 0.6 is 11.8 Å². The van der Waals surface area contributed by atoms with E-state index in [1.54, 1.807) is 18.0 Å². The summed E-state index contributed by atoms with van der Waals surface area (Å²) in [6.45, 7) is 1.89. The molecular weight excluding hydrogens is 222 g/mol. The average Bonchev–Trinajstić information content (AvgIpc) is 2.73. The zero-order chi connectivity index (χ0) is 11.4. The Bertz CT molecular complexity index is 468. The van der Waals surface area contributed by atoms with Crippen LogP contribution in [0, 0.1) is 6.92 Å². The standard InChI is InChI=1S/C10H13N5S/c1-7-13-10(15-14-7)16-6-8-4-3-5-12-9(8)11-2/h3-5H,6H2,1-2H3,(H,11,12)(H,13,14,15). The van der Waals surface area contributed by atoms with Gasteiger partial charge in [0, 0.05) is 24.6 Å². The molecule has 0 fully saturated rings. The summed E-state index contributed by atoms with van der Waals surface area (Å²) in [6.07, 6.45) is 1.77. The maximum Gasteiger partial charge on any atom is 0.208 e. The Morgan fingerprint density at radius 2 is 2.38 bits per heavy atom. The van der Waals surface area contributed by atoms with E-state index in [4.69, 9.17) is 0 Å². The first kappa shape index (κ1) is 10.9. The average molecular weight is 235 g/mol. The summed E-state index contributed by atoms with van der Waals surface area (Å²) in [6, 6.07) is 3.98. The van der Waals surface area contributed by atoms with Crippen molar-refractivity contribution in [3.8, 4) is 0 Å². The maximum absolute atomic E-state index is 4.24. The molecule has 2 aromatic heterocycles. The SMILES string of the molecule is CNc1ncccc1CSc1n[nH]c(C)n1. The Morgan fingerprint density at radius 3 is 3.06 bits per heavy atom. The Kier molecular flexibility index (Phi) is 3.40. The molecule has 0 amide bonds. The second-order valence-corrected chi connectivity index (χ2v) is 4.20. The van der Waals surface area contributed by atoms with Crippen molar-refractivity contribution in [2.24, 2.45) is 0 Å². The molecule has 0 aromatic carbocycles. The van der Waals surface area contributed by atoms with Crippen LogP contribution in [0.4, 0.5) is 5.82 Å². The quantitative estimate of drug-likeness (QED) is 0.792. The van der Waals surface area contributed by atoms with Gasteiger partial charge in [0.15, 0.2) is 0 Å². The lowest BCUT2D eigenvalue weighted by Gasteiger charge is -2.05. The van der Waals surface area contributed by atoms with Crippen molar-refractivity contribution in [2.45, 2.75) is 17.8 Å². The van der Waals surface area contributed by atoms with Gasteiger partial charge in [-0.05, 0) is 13.0 Å². The van der Waals surface area contributed by atoms with Crippen LogP contribution < -0.4 is 5.32 Å². The molecule has 6 heteroatoms. The normalized spacial score (nSPS) is 10.4. The van der Waals surface area contributed by atoms with Gasteiger partial charge in [-0.2, -0.15) is 0 Å². The van der Waals surface area contributed by atoms with E-state index in [9.17, 15) is 0 Å². The van der Waals surface area contributed by atoms with E-state index in [0.717, 1.165) is 28.1 Å². The van der Waals surface area contributed by atoms with E-state index < -0.39 is 0 Å². The summed E-state index contributed by atoms with van der Waals surface area (Å²) < 4.78 is 0. The maximum atomic E-state index is 4.24. The number of aryl methyl sites for hydroxylation is 1. The molecule has 0 radical (unpaired) electrons. The van der Waals surface area contributed by atoms with Crippen molar-refractivity contribution >= 4 is 17.6 Å². The minimum Gasteiger partial charge on any atom is -0.373 e. The topological polar surface area (TPSA) is 66.5 Å². The fourth-order valence-corrected chi connectivity index (χ4v) is 2.14. The predicted molar refractivity (Wildman–Crippen MR) is 64.5 cm³/mol. The first-order valence-corrected chi connectivity index (χ1v) is 5.91.